The van der Waals surface area contributed by atoms with Crippen LogP contribution in [0.15, 0.2) is 134 Å². The average molecular weight is 496 g/mol. The minimum absolute atomic E-state index is 0.700. The van der Waals surface area contributed by atoms with Crippen LogP contribution in [0.4, 0.5) is 0 Å². The Morgan fingerprint density at radius 3 is 1.46 bits per heavy atom. The van der Waals surface area contributed by atoms with E-state index in [1.165, 1.54) is 0 Å². The maximum absolute atomic E-state index is 6.06. The molecule has 0 aliphatic carbocycles. The van der Waals surface area contributed by atoms with Gasteiger partial charge in [-0.2, -0.15) is 0 Å². The van der Waals surface area contributed by atoms with Crippen LogP contribution in [-0.4, -0.2) is 15.0 Å². The molecule has 0 saturated heterocycles. The molecule has 0 aliphatic rings. The van der Waals surface area contributed by atoms with E-state index < -0.39 is 0 Å². The second-order valence-corrected chi connectivity index (χ2v) is 9.17. The van der Waals surface area contributed by atoms with Crippen LogP contribution in [0.25, 0.3) is 56.2 Å². The fourth-order valence-corrected chi connectivity index (χ4v) is 4.43. The molecule has 0 fully saturated rings. The third-order valence-electron chi connectivity index (χ3n) is 6.29. The Bertz CT molecular complexity index is 1630. The van der Waals surface area contributed by atoms with Gasteiger partial charge < -0.3 is 0 Å². The molecule has 6 rings (SSSR count). The molecule has 6 aromatic rings. The highest BCUT2D eigenvalue weighted by atomic mass is 35.5. The Kier molecular flexibility index (Phi) is 6.28. The van der Waals surface area contributed by atoms with Gasteiger partial charge in [-0.05, 0) is 46.5 Å². The SMILES string of the molecule is Clc1ccc(-c2ccc(-c3cc(-c4ccc(-c5cccnc5)cc4)nc(-c4ccccc4)n3)cc2)cc1. The fraction of sp³-hybridized carbons (Fsp3) is 0. The summed E-state index contributed by atoms with van der Waals surface area (Å²) in [6.07, 6.45) is 3.66. The van der Waals surface area contributed by atoms with E-state index in [4.69, 9.17) is 21.6 Å². The van der Waals surface area contributed by atoms with Crippen molar-refractivity contribution >= 4 is 11.6 Å². The van der Waals surface area contributed by atoms with Crippen LogP contribution < -0.4 is 0 Å². The van der Waals surface area contributed by atoms with Crippen molar-refractivity contribution in [2.24, 2.45) is 0 Å². The molecule has 0 spiro atoms. The van der Waals surface area contributed by atoms with Crippen LogP contribution in [-0.2, 0) is 0 Å². The summed E-state index contributed by atoms with van der Waals surface area (Å²) < 4.78 is 0. The highest BCUT2D eigenvalue weighted by Crippen LogP contribution is 2.30. The maximum Gasteiger partial charge on any atom is 0.160 e. The summed E-state index contributed by atoms with van der Waals surface area (Å²) in [6.45, 7) is 0. The predicted octanol–water partition coefficient (Wildman–Crippen LogP) is 8.86. The molecule has 2 heterocycles. The van der Waals surface area contributed by atoms with Crippen molar-refractivity contribution in [2.45, 2.75) is 0 Å². The number of hydrogen-bond donors (Lipinski definition) is 0. The van der Waals surface area contributed by atoms with Crippen LogP contribution in [0, 0.1) is 0 Å². The first kappa shape index (κ1) is 22.8. The van der Waals surface area contributed by atoms with Crippen LogP contribution in [0.3, 0.4) is 0 Å². The number of benzene rings is 4. The highest BCUT2D eigenvalue weighted by Gasteiger charge is 2.11. The number of rotatable bonds is 5. The molecule has 0 radical (unpaired) electrons. The lowest BCUT2D eigenvalue weighted by atomic mass is 10.0. The first-order valence-corrected chi connectivity index (χ1v) is 12.4. The predicted molar refractivity (Wildman–Crippen MR) is 152 cm³/mol. The Labute approximate surface area is 221 Å². The van der Waals surface area contributed by atoms with Gasteiger partial charge in [0.05, 0.1) is 11.4 Å². The van der Waals surface area contributed by atoms with Crippen molar-refractivity contribution in [3.8, 4) is 56.2 Å². The standard InChI is InChI=1S/C33H22ClN3/c34-30-18-16-24(17-19-30)23-8-12-26(13-9-23)31-21-32(37-33(36-31)28-5-2-1-3-6-28)27-14-10-25(11-15-27)29-7-4-20-35-22-29/h1-22H. The van der Waals surface area contributed by atoms with E-state index in [1.807, 2.05) is 66.9 Å². The van der Waals surface area contributed by atoms with E-state index in [0.29, 0.717) is 5.82 Å². The van der Waals surface area contributed by atoms with E-state index in [-0.39, 0.29) is 0 Å². The van der Waals surface area contributed by atoms with Gasteiger partial charge in [-0.3, -0.25) is 4.98 Å². The molecule has 4 aromatic carbocycles. The van der Waals surface area contributed by atoms with Crippen LogP contribution in [0.5, 0.6) is 0 Å². The number of hydrogen-bond acceptors (Lipinski definition) is 3. The smallest absolute Gasteiger partial charge is 0.160 e. The zero-order valence-electron chi connectivity index (χ0n) is 19.9. The first-order chi connectivity index (χ1) is 18.2. The van der Waals surface area contributed by atoms with Gasteiger partial charge in [-0.1, -0.05) is 109 Å². The van der Waals surface area contributed by atoms with Gasteiger partial charge in [0.25, 0.3) is 0 Å². The summed E-state index contributed by atoms with van der Waals surface area (Å²) in [6, 6.07) is 40.9. The molecule has 0 aliphatic heterocycles. The number of pyridine rings is 1. The molecule has 0 saturated carbocycles. The number of aromatic nitrogens is 3. The molecule has 3 nitrogen and oxygen atoms in total. The number of nitrogens with zero attached hydrogens (tertiary/aromatic N) is 3. The molecule has 0 unspecified atom stereocenters. The summed E-state index contributed by atoms with van der Waals surface area (Å²) in [5, 5.41) is 0.732. The van der Waals surface area contributed by atoms with Crippen molar-refractivity contribution in [1.82, 2.24) is 15.0 Å². The van der Waals surface area contributed by atoms with Crippen molar-refractivity contribution in [3.05, 3.63) is 139 Å². The van der Waals surface area contributed by atoms with Crippen molar-refractivity contribution in [2.75, 3.05) is 0 Å². The van der Waals surface area contributed by atoms with Crippen LogP contribution >= 0.6 is 11.6 Å². The Morgan fingerprint density at radius 2 is 0.919 bits per heavy atom. The summed E-state index contributed by atoms with van der Waals surface area (Å²) in [5.41, 5.74) is 9.26. The second kappa shape index (κ2) is 10.2. The largest absolute Gasteiger partial charge is 0.264 e. The van der Waals surface area contributed by atoms with Gasteiger partial charge >= 0.3 is 0 Å². The maximum atomic E-state index is 6.06. The molecule has 176 valence electrons. The third kappa shape index (κ3) is 5.04. The van der Waals surface area contributed by atoms with E-state index >= 15 is 0 Å². The molecule has 37 heavy (non-hydrogen) atoms. The van der Waals surface area contributed by atoms with Gasteiger partial charge in [-0.25, -0.2) is 9.97 Å². The van der Waals surface area contributed by atoms with Crippen molar-refractivity contribution in [1.29, 1.82) is 0 Å². The van der Waals surface area contributed by atoms with Crippen molar-refractivity contribution in [3.63, 3.8) is 0 Å². The molecular formula is C33H22ClN3. The Hall–Kier alpha value is -4.60. The van der Waals surface area contributed by atoms with Gasteiger partial charge in [0.15, 0.2) is 5.82 Å². The molecule has 4 heteroatoms. The minimum atomic E-state index is 0.700. The zero-order chi connectivity index (χ0) is 25.0. The molecule has 2 aromatic heterocycles. The topological polar surface area (TPSA) is 38.7 Å². The van der Waals surface area contributed by atoms with E-state index in [2.05, 4.69) is 65.6 Å². The monoisotopic (exact) mass is 495 g/mol. The Balaban J connectivity index is 1.40. The Morgan fingerprint density at radius 1 is 0.432 bits per heavy atom. The van der Waals surface area contributed by atoms with Crippen LogP contribution in [0.1, 0.15) is 0 Å². The zero-order valence-corrected chi connectivity index (χ0v) is 20.7. The molecular weight excluding hydrogens is 474 g/mol. The summed E-state index contributed by atoms with van der Waals surface area (Å²) in [5.74, 6) is 0.700. The summed E-state index contributed by atoms with van der Waals surface area (Å²) in [4.78, 5) is 14.1. The van der Waals surface area contributed by atoms with Crippen LogP contribution in [0.2, 0.25) is 5.02 Å². The molecule has 0 atom stereocenters. The summed E-state index contributed by atoms with van der Waals surface area (Å²) in [7, 11) is 0. The average Bonchev–Trinajstić information content (AvgIpc) is 2.98. The van der Waals surface area contributed by atoms with Gasteiger partial charge in [0.2, 0.25) is 0 Å². The second-order valence-electron chi connectivity index (χ2n) is 8.73. The van der Waals surface area contributed by atoms with E-state index in [9.17, 15) is 0 Å². The van der Waals surface area contributed by atoms with E-state index in [0.717, 1.165) is 55.4 Å². The first-order valence-electron chi connectivity index (χ1n) is 12.0. The number of halogens is 1. The third-order valence-corrected chi connectivity index (χ3v) is 6.54. The summed E-state index contributed by atoms with van der Waals surface area (Å²) >= 11 is 6.06. The quantitative estimate of drug-likeness (QED) is 0.240. The van der Waals surface area contributed by atoms with Gasteiger partial charge in [0, 0.05) is 34.1 Å². The lowest BCUT2D eigenvalue weighted by molar-refractivity contribution is 1.18. The lowest BCUT2D eigenvalue weighted by Crippen LogP contribution is -1.96. The van der Waals surface area contributed by atoms with Gasteiger partial charge in [0.1, 0.15) is 0 Å². The fourth-order valence-electron chi connectivity index (χ4n) is 4.30. The van der Waals surface area contributed by atoms with Gasteiger partial charge in [-0.15, -0.1) is 0 Å². The molecule has 0 N–H and O–H groups in total. The normalized spacial score (nSPS) is 10.8. The lowest BCUT2D eigenvalue weighted by Gasteiger charge is -2.11. The minimum Gasteiger partial charge on any atom is -0.264 e. The molecule has 0 bridgehead atoms. The molecule has 0 amide bonds. The van der Waals surface area contributed by atoms with E-state index in [1.54, 1.807) is 6.20 Å². The highest BCUT2D eigenvalue weighted by molar-refractivity contribution is 6.30. The van der Waals surface area contributed by atoms with Crippen molar-refractivity contribution < 1.29 is 0 Å².